The van der Waals surface area contributed by atoms with E-state index in [1.165, 1.54) is 0 Å². The second-order valence-electron chi connectivity index (χ2n) is 4.43. The first-order valence-electron chi connectivity index (χ1n) is 5.24. The van der Waals surface area contributed by atoms with E-state index in [2.05, 4.69) is 4.72 Å². The van der Waals surface area contributed by atoms with Gasteiger partial charge in [0.15, 0.2) is 0 Å². The summed E-state index contributed by atoms with van der Waals surface area (Å²) in [5.41, 5.74) is -0.348. The van der Waals surface area contributed by atoms with Gasteiger partial charge in [-0.15, -0.1) is 11.6 Å². The molecule has 1 unspecified atom stereocenters. The molecule has 1 aliphatic heterocycles. The SMILES string of the molecule is O=S(=O)(CC1CCCO1)NC1(CCl)CC1. The van der Waals surface area contributed by atoms with Crippen LogP contribution in [0.4, 0.5) is 0 Å². The van der Waals surface area contributed by atoms with E-state index >= 15 is 0 Å². The van der Waals surface area contributed by atoms with Crippen LogP contribution >= 0.6 is 11.6 Å². The average Bonchev–Trinajstić information content (AvgIpc) is 2.72. The molecule has 0 spiro atoms. The summed E-state index contributed by atoms with van der Waals surface area (Å²) in [5.74, 6) is 0.434. The summed E-state index contributed by atoms with van der Waals surface area (Å²) >= 11 is 5.72. The molecule has 6 heteroatoms. The minimum atomic E-state index is -3.23. The van der Waals surface area contributed by atoms with E-state index in [1.807, 2.05) is 0 Å². The smallest absolute Gasteiger partial charge is 0.214 e. The topological polar surface area (TPSA) is 55.4 Å². The Hall–Kier alpha value is 0.160. The van der Waals surface area contributed by atoms with Crippen molar-refractivity contribution in [3.63, 3.8) is 0 Å². The minimum absolute atomic E-state index is 0.0750. The highest BCUT2D eigenvalue weighted by atomic mass is 35.5. The van der Waals surface area contributed by atoms with E-state index in [4.69, 9.17) is 16.3 Å². The first kappa shape index (κ1) is 11.6. The molecular formula is C9H16ClNO3S. The van der Waals surface area contributed by atoms with Gasteiger partial charge in [0, 0.05) is 18.0 Å². The highest BCUT2D eigenvalue weighted by Crippen LogP contribution is 2.37. The zero-order valence-corrected chi connectivity index (χ0v) is 10.1. The van der Waals surface area contributed by atoms with Gasteiger partial charge < -0.3 is 4.74 Å². The zero-order chi connectivity index (χ0) is 10.9. The normalized spacial score (nSPS) is 29.3. The summed E-state index contributed by atoms with van der Waals surface area (Å²) in [5, 5.41) is 0. The first-order valence-corrected chi connectivity index (χ1v) is 7.43. The van der Waals surface area contributed by atoms with Crippen LogP contribution in [-0.2, 0) is 14.8 Å². The molecule has 0 aromatic rings. The van der Waals surface area contributed by atoms with Gasteiger partial charge in [-0.05, 0) is 25.7 Å². The second kappa shape index (κ2) is 4.20. The van der Waals surface area contributed by atoms with Crippen LogP contribution in [0.15, 0.2) is 0 Å². The van der Waals surface area contributed by atoms with Gasteiger partial charge in [0.2, 0.25) is 10.0 Å². The van der Waals surface area contributed by atoms with Crippen molar-refractivity contribution in [3.05, 3.63) is 0 Å². The number of alkyl halides is 1. The molecule has 0 radical (unpaired) electrons. The van der Waals surface area contributed by atoms with E-state index in [-0.39, 0.29) is 17.4 Å². The number of rotatable bonds is 5. The van der Waals surface area contributed by atoms with Crippen molar-refractivity contribution < 1.29 is 13.2 Å². The highest BCUT2D eigenvalue weighted by Gasteiger charge is 2.45. The maximum atomic E-state index is 11.8. The molecule has 2 aliphatic rings. The number of hydrogen-bond acceptors (Lipinski definition) is 3. The predicted molar refractivity (Wildman–Crippen MR) is 58.6 cm³/mol. The molecular weight excluding hydrogens is 238 g/mol. The van der Waals surface area contributed by atoms with Gasteiger partial charge in [0.1, 0.15) is 0 Å². The predicted octanol–water partition coefficient (Wildman–Crippen LogP) is 0.856. The Balaban J connectivity index is 1.89. The van der Waals surface area contributed by atoms with Crippen molar-refractivity contribution in [2.24, 2.45) is 0 Å². The van der Waals surface area contributed by atoms with Gasteiger partial charge in [0.25, 0.3) is 0 Å². The Bertz CT molecular complexity index is 320. The molecule has 0 bridgehead atoms. The van der Waals surface area contributed by atoms with E-state index in [0.717, 1.165) is 25.7 Å². The number of halogens is 1. The third kappa shape index (κ3) is 3.06. The number of ether oxygens (including phenoxy) is 1. The van der Waals surface area contributed by atoms with E-state index < -0.39 is 10.0 Å². The lowest BCUT2D eigenvalue weighted by Gasteiger charge is -2.16. The van der Waals surface area contributed by atoms with Crippen LogP contribution in [0.3, 0.4) is 0 Å². The number of nitrogens with one attached hydrogen (secondary N) is 1. The molecule has 1 aliphatic carbocycles. The molecule has 4 nitrogen and oxygen atoms in total. The lowest BCUT2D eigenvalue weighted by molar-refractivity contribution is 0.127. The van der Waals surface area contributed by atoms with Crippen molar-refractivity contribution in [1.29, 1.82) is 0 Å². The third-order valence-corrected chi connectivity index (χ3v) is 4.98. The Morgan fingerprint density at radius 2 is 2.20 bits per heavy atom. The van der Waals surface area contributed by atoms with Crippen molar-refractivity contribution in [1.82, 2.24) is 4.72 Å². The van der Waals surface area contributed by atoms with E-state index in [1.54, 1.807) is 0 Å². The van der Waals surface area contributed by atoms with Gasteiger partial charge in [-0.3, -0.25) is 0 Å². The van der Waals surface area contributed by atoms with Crippen LogP contribution in [0.2, 0.25) is 0 Å². The molecule has 1 atom stereocenters. The number of hydrogen-bond donors (Lipinski definition) is 1. The molecule has 88 valence electrons. The molecule has 1 saturated heterocycles. The van der Waals surface area contributed by atoms with Gasteiger partial charge in [-0.2, -0.15) is 0 Å². The Kier molecular flexibility index (Phi) is 3.26. The van der Waals surface area contributed by atoms with Crippen molar-refractivity contribution in [2.75, 3.05) is 18.2 Å². The van der Waals surface area contributed by atoms with Crippen molar-refractivity contribution in [2.45, 2.75) is 37.3 Å². The van der Waals surface area contributed by atoms with Gasteiger partial charge in [-0.25, -0.2) is 13.1 Å². The van der Waals surface area contributed by atoms with Crippen LogP contribution in [0, 0.1) is 0 Å². The van der Waals surface area contributed by atoms with Crippen LogP contribution < -0.4 is 4.72 Å². The fourth-order valence-electron chi connectivity index (χ4n) is 1.81. The summed E-state index contributed by atoms with van der Waals surface area (Å²) in [6.45, 7) is 0.681. The van der Waals surface area contributed by atoms with E-state index in [9.17, 15) is 8.42 Å². The zero-order valence-electron chi connectivity index (χ0n) is 8.54. The Labute approximate surface area is 95.4 Å². The average molecular weight is 254 g/mol. The van der Waals surface area contributed by atoms with E-state index in [0.29, 0.717) is 12.5 Å². The summed E-state index contributed by atoms with van der Waals surface area (Å²) in [7, 11) is -3.23. The second-order valence-corrected chi connectivity index (χ2v) is 6.47. The summed E-state index contributed by atoms with van der Waals surface area (Å²) in [6.07, 6.45) is 3.37. The molecule has 15 heavy (non-hydrogen) atoms. The lowest BCUT2D eigenvalue weighted by Crippen LogP contribution is -2.41. The van der Waals surface area contributed by atoms with Crippen LogP contribution in [-0.4, -0.2) is 38.3 Å². The monoisotopic (exact) mass is 253 g/mol. The maximum absolute atomic E-state index is 11.8. The molecule has 2 rings (SSSR count). The summed E-state index contributed by atoms with van der Waals surface area (Å²) in [4.78, 5) is 0. The summed E-state index contributed by atoms with van der Waals surface area (Å²) < 4.78 is 31.5. The van der Waals surface area contributed by atoms with Gasteiger partial charge in [-0.1, -0.05) is 0 Å². The molecule has 1 saturated carbocycles. The minimum Gasteiger partial charge on any atom is -0.377 e. The van der Waals surface area contributed by atoms with Crippen LogP contribution in [0.25, 0.3) is 0 Å². The molecule has 1 heterocycles. The standard InChI is InChI=1S/C9H16ClNO3S/c10-7-9(3-4-9)11-15(12,13)6-8-2-1-5-14-8/h8,11H,1-7H2. The fourth-order valence-corrected chi connectivity index (χ4v) is 3.99. The Morgan fingerprint density at radius 3 is 2.67 bits per heavy atom. The molecule has 0 amide bonds. The van der Waals surface area contributed by atoms with Gasteiger partial charge >= 0.3 is 0 Å². The first-order chi connectivity index (χ1) is 7.05. The van der Waals surface area contributed by atoms with Gasteiger partial charge in [0.05, 0.1) is 11.9 Å². The van der Waals surface area contributed by atoms with Crippen LogP contribution in [0.1, 0.15) is 25.7 Å². The summed E-state index contributed by atoms with van der Waals surface area (Å²) in [6, 6.07) is 0. The highest BCUT2D eigenvalue weighted by molar-refractivity contribution is 7.89. The van der Waals surface area contributed by atoms with Crippen molar-refractivity contribution in [3.8, 4) is 0 Å². The molecule has 0 aromatic carbocycles. The third-order valence-electron chi connectivity index (χ3n) is 2.91. The van der Waals surface area contributed by atoms with Crippen molar-refractivity contribution >= 4 is 21.6 Å². The fraction of sp³-hybridized carbons (Fsp3) is 1.00. The maximum Gasteiger partial charge on any atom is 0.214 e. The molecule has 0 aromatic heterocycles. The number of sulfonamides is 1. The lowest BCUT2D eigenvalue weighted by atomic mass is 10.3. The largest absolute Gasteiger partial charge is 0.377 e. The van der Waals surface area contributed by atoms with Crippen LogP contribution in [0.5, 0.6) is 0 Å². The quantitative estimate of drug-likeness (QED) is 0.740. The molecule has 1 N–H and O–H groups in total. The molecule has 2 fully saturated rings. The Morgan fingerprint density at radius 1 is 1.47 bits per heavy atom.